The van der Waals surface area contributed by atoms with Gasteiger partial charge in [-0.2, -0.15) is 9.57 Å². The van der Waals surface area contributed by atoms with Crippen LogP contribution >= 0.6 is 0 Å². The van der Waals surface area contributed by atoms with Crippen molar-refractivity contribution in [2.75, 3.05) is 20.3 Å². The van der Waals surface area contributed by atoms with E-state index in [-0.39, 0.29) is 11.5 Å². The summed E-state index contributed by atoms with van der Waals surface area (Å²) < 4.78 is 44.7. The molecule has 20 heavy (non-hydrogen) atoms. The molecule has 1 aliphatic rings. The summed E-state index contributed by atoms with van der Waals surface area (Å²) in [4.78, 5) is -0.124. The number of hydrogen-bond donors (Lipinski definition) is 0. The largest absolute Gasteiger partial charge is 0.378 e. The molecular formula is C13H15FN2O3S. The second-order valence-electron chi connectivity index (χ2n) is 4.83. The minimum absolute atomic E-state index is 0.0214. The molecule has 5 nitrogen and oxygen atoms in total. The van der Waals surface area contributed by atoms with Crippen molar-refractivity contribution in [3.63, 3.8) is 0 Å². The molecule has 1 aromatic rings. The number of likely N-dealkylation sites (N-methyl/N-ethyl adjacent to an activating group) is 1. The predicted molar refractivity (Wildman–Crippen MR) is 69.9 cm³/mol. The fraction of sp³-hybridized carbons (Fsp3) is 0.462. The lowest BCUT2D eigenvalue weighted by Gasteiger charge is -2.30. The van der Waals surface area contributed by atoms with Crippen LogP contribution in [0.2, 0.25) is 0 Å². The summed E-state index contributed by atoms with van der Waals surface area (Å²) in [5.74, 6) is -0.628. The molecule has 1 aliphatic heterocycles. The van der Waals surface area contributed by atoms with Crippen LogP contribution in [0.1, 0.15) is 12.0 Å². The van der Waals surface area contributed by atoms with Crippen molar-refractivity contribution < 1.29 is 17.5 Å². The van der Waals surface area contributed by atoms with Crippen LogP contribution < -0.4 is 0 Å². The van der Waals surface area contributed by atoms with Gasteiger partial charge in [0.1, 0.15) is 11.4 Å². The van der Waals surface area contributed by atoms with Crippen molar-refractivity contribution in [1.29, 1.82) is 5.26 Å². The quantitative estimate of drug-likeness (QED) is 0.846. The maximum atomic E-state index is 13.3. The van der Waals surface area contributed by atoms with Crippen LogP contribution in [0, 0.1) is 24.1 Å². The Morgan fingerprint density at radius 2 is 2.20 bits per heavy atom. The number of benzene rings is 1. The molecule has 7 heteroatoms. The first-order valence-electron chi connectivity index (χ1n) is 6.08. The number of nitriles is 1. The molecule has 0 N–H and O–H groups in total. The Morgan fingerprint density at radius 1 is 1.50 bits per heavy atom. The van der Waals surface area contributed by atoms with Crippen molar-refractivity contribution in [3.05, 3.63) is 29.6 Å². The molecule has 1 aromatic carbocycles. The third kappa shape index (κ3) is 2.30. The maximum absolute atomic E-state index is 13.3. The summed E-state index contributed by atoms with van der Waals surface area (Å²) in [7, 11) is -2.62. The van der Waals surface area contributed by atoms with Gasteiger partial charge in [0.05, 0.1) is 17.6 Å². The Kier molecular flexibility index (Phi) is 3.82. The summed E-state index contributed by atoms with van der Waals surface area (Å²) in [5, 5.41) is 9.31. The molecule has 0 unspecified atom stereocenters. The van der Waals surface area contributed by atoms with Crippen molar-refractivity contribution >= 4 is 10.0 Å². The number of aryl methyl sites for hydroxylation is 1. The first kappa shape index (κ1) is 14.9. The highest BCUT2D eigenvalue weighted by Crippen LogP contribution is 2.31. The van der Waals surface area contributed by atoms with Gasteiger partial charge in [-0.25, -0.2) is 12.8 Å². The van der Waals surface area contributed by atoms with Gasteiger partial charge < -0.3 is 4.74 Å². The number of sulfonamides is 1. The fourth-order valence-electron chi connectivity index (χ4n) is 2.19. The minimum atomic E-state index is -3.96. The first-order chi connectivity index (χ1) is 9.33. The molecule has 0 aromatic heterocycles. The molecule has 1 saturated heterocycles. The number of nitrogens with zero attached hydrogens (tertiary/aromatic N) is 2. The molecular weight excluding hydrogens is 283 g/mol. The lowest BCUT2D eigenvalue weighted by atomic mass is 10.0. The maximum Gasteiger partial charge on any atom is 0.244 e. The molecule has 1 heterocycles. The third-order valence-corrected chi connectivity index (χ3v) is 5.67. The highest BCUT2D eigenvalue weighted by molar-refractivity contribution is 7.89. The molecule has 1 atom stereocenters. The van der Waals surface area contributed by atoms with Gasteiger partial charge in [0, 0.05) is 20.1 Å². The van der Waals surface area contributed by atoms with Crippen LogP contribution in [-0.4, -0.2) is 38.5 Å². The SMILES string of the molecule is Cc1ccc(F)cc1S(=O)(=O)N(C)[C@]1(C#N)CCOC1. The monoisotopic (exact) mass is 298 g/mol. The zero-order valence-electron chi connectivity index (χ0n) is 11.3. The zero-order chi connectivity index (χ0) is 15.0. The van der Waals surface area contributed by atoms with Crippen LogP contribution in [0.25, 0.3) is 0 Å². The van der Waals surface area contributed by atoms with E-state index in [9.17, 15) is 18.1 Å². The average molecular weight is 298 g/mol. The van der Waals surface area contributed by atoms with Gasteiger partial charge in [-0.15, -0.1) is 0 Å². The van der Waals surface area contributed by atoms with Crippen molar-refractivity contribution in [2.45, 2.75) is 23.8 Å². The molecule has 0 amide bonds. The second-order valence-corrected chi connectivity index (χ2v) is 6.77. The van der Waals surface area contributed by atoms with Gasteiger partial charge in [-0.3, -0.25) is 0 Å². The van der Waals surface area contributed by atoms with Crippen LogP contribution in [0.15, 0.2) is 23.1 Å². The standard InChI is InChI=1S/C13H15FN2O3S/c1-10-3-4-11(14)7-12(10)20(17,18)16(2)13(8-15)5-6-19-9-13/h3-4,7H,5-6,9H2,1-2H3/t13-/m0/s1. The van der Waals surface area contributed by atoms with Gasteiger partial charge in [-0.1, -0.05) is 6.07 Å². The normalized spacial score (nSPS) is 22.9. The smallest absolute Gasteiger partial charge is 0.244 e. The minimum Gasteiger partial charge on any atom is -0.378 e. The molecule has 0 spiro atoms. The highest BCUT2D eigenvalue weighted by atomic mass is 32.2. The van der Waals surface area contributed by atoms with E-state index in [1.807, 2.05) is 6.07 Å². The van der Waals surface area contributed by atoms with Gasteiger partial charge in [-0.05, 0) is 24.6 Å². The van der Waals surface area contributed by atoms with E-state index in [1.54, 1.807) is 6.92 Å². The zero-order valence-corrected chi connectivity index (χ0v) is 12.1. The number of rotatable bonds is 3. The predicted octanol–water partition coefficient (Wildman–Crippen LogP) is 1.44. The summed E-state index contributed by atoms with van der Waals surface area (Å²) in [5.41, 5.74) is -0.789. The molecule has 0 radical (unpaired) electrons. The van der Waals surface area contributed by atoms with Crippen molar-refractivity contribution in [1.82, 2.24) is 4.31 Å². The van der Waals surface area contributed by atoms with Gasteiger partial charge >= 0.3 is 0 Å². The summed E-state index contributed by atoms with van der Waals surface area (Å²) in [6.07, 6.45) is 0.299. The molecule has 0 bridgehead atoms. The molecule has 1 fully saturated rings. The van der Waals surface area contributed by atoms with Crippen LogP contribution in [0.4, 0.5) is 4.39 Å². The Morgan fingerprint density at radius 3 is 2.75 bits per heavy atom. The van der Waals surface area contributed by atoms with Crippen LogP contribution in [0.3, 0.4) is 0 Å². The topological polar surface area (TPSA) is 70.4 Å². The fourth-order valence-corrected chi connectivity index (χ4v) is 3.87. The first-order valence-corrected chi connectivity index (χ1v) is 7.52. The van der Waals surface area contributed by atoms with E-state index in [2.05, 4.69) is 0 Å². The summed E-state index contributed by atoms with van der Waals surface area (Å²) >= 11 is 0. The Bertz CT molecular complexity index is 661. The van der Waals surface area contributed by atoms with E-state index >= 15 is 0 Å². The van der Waals surface area contributed by atoms with E-state index in [0.717, 1.165) is 10.4 Å². The Hall–Kier alpha value is -1.49. The van der Waals surface area contributed by atoms with Crippen molar-refractivity contribution in [3.8, 4) is 6.07 Å². The molecule has 2 rings (SSSR count). The van der Waals surface area contributed by atoms with Gasteiger partial charge in [0.25, 0.3) is 0 Å². The lowest BCUT2D eigenvalue weighted by Crippen LogP contribution is -2.49. The van der Waals surface area contributed by atoms with E-state index in [4.69, 9.17) is 4.74 Å². The van der Waals surface area contributed by atoms with E-state index in [0.29, 0.717) is 18.6 Å². The molecule has 0 saturated carbocycles. The number of ether oxygens (including phenoxy) is 1. The Balaban J connectivity index is 2.50. The average Bonchev–Trinajstić information content (AvgIpc) is 2.90. The van der Waals surface area contributed by atoms with Gasteiger partial charge in [0.15, 0.2) is 0 Å². The third-order valence-electron chi connectivity index (χ3n) is 3.60. The molecule has 108 valence electrons. The summed E-state index contributed by atoms with van der Waals surface area (Å²) in [6, 6.07) is 5.59. The van der Waals surface area contributed by atoms with Crippen LogP contribution in [0.5, 0.6) is 0 Å². The van der Waals surface area contributed by atoms with E-state index < -0.39 is 21.4 Å². The lowest BCUT2D eigenvalue weighted by molar-refractivity contribution is 0.162. The highest BCUT2D eigenvalue weighted by Gasteiger charge is 2.45. The second kappa shape index (κ2) is 5.13. The number of halogens is 1. The summed E-state index contributed by atoms with van der Waals surface area (Å²) in [6.45, 7) is 1.94. The van der Waals surface area contributed by atoms with Gasteiger partial charge in [0.2, 0.25) is 10.0 Å². The van der Waals surface area contributed by atoms with Crippen molar-refractivity contribution in [2.24, 2.45) is 0 Å². The van der Waals surface area contributed by atoms with E-state index in [1.165, 1.54) is 19.2 Å². The Labute approximate surface area is 117 Å². The molecule has 0 aliphatic carbocycles. The number of hydrogen-bond acceptors (Lipinski definition) is 4. The van der Waals surface area contributed by atoms with Crippen LogP contribution in [-0.2, 0) is 14.8 Å².